The fraction of sp³-hybridized carbons (Fsp3) is 0.0500. The lowest BCUT2D eigenvalue weighted by molar-refractivity contribution is 0.101. The highest BCUT2D eigenvalue weighted by Gasteiger charge is 2.29. The molecule has 2 heterocycles. The van der Waals surface area contributed by atoms with E-state index in [0.29, 0.717) is 22.1 Å². The van der Waals surface area contributed by atoms with Crippen LogP contribution < -0.4 is 8.92 Å². The van der Waals surface area contributed by atoms with Crippen LogP contribution in [0.3, 0.4) is 0 Å². The van der Waals surface area contributed by atoms with Crippen LogP contribution >= 0.6 is 11.6 Å². The van der Waals surface area contributed by atoms with Crippen LogP contribution in [0.4, 0.5) is 0 Å². The van der Waals surface area contributed by atoms with Crippen LogP contribution in [0.15, 0.2) is 69.7 Å². The zero-order valence-electron chi connectivity index (χ0n) is 14.5. The summed E-state index contributed by atoms with van der Waals surface area (Å²) < 4.78 is 40.9. The summed E-state index contributed by atoms with van der Waals surface area (Å²) in [7, 11) is -4.05. The number of ketones is 1. The van der Waals surface area contributed by atoms with Crippen LogP contribution in [0.2, 0.25) is 5.02 Å². The number of aryl methyl sites for hydroxylation is 1. The normalized spacial score (nSPS) is 14.8. The van der Waals surface area contributed by atoms with Crippen LogP contribution in [0, 0.1) is 6.92 Å². The third kappa shape index (κ3) is 3.54. The Kier molecular flexibility index (Phi) is 4.49. The van der Waals surface area contributed by atoms with Gasteiger partial charge in [-0.3, -0.25) is 4.79 Å². The third-order valence-corrected chi connectivity index (χ3v) is 5.50. The Morgan fingerprint density at radius 2 is 1.79 bits per heavy atom. The molecule has 8 heteroatoms. The van der Waals surface area contributed by atoms with Crippen molar-refractivity contribution >= 4 is 33.6 Å². The van der Waals surface area contributed by atoms with Crippen molar-refractivity contribution in [1.82, 2.24) is 0 Å². The Bertz CT molecular complexity index is 1210. The van der Waals surface area contributed by atoms with E-state index >= 15 is 0 Å². The van der Waals surface area contributed by atoms with E-state index in [9.17, 15) is 13.2 Å². The SMILES string of the molecule is Cc1ccc(C=C2Oc3cc(OS(=O)(=O)c4ccc(Cl)cc4)ccc3C2=O)o1. The molecule has 142 valence electrons. The molecular weight excluding hydrogens is 404 g/mol. The van der Waals surface area contributed by atoms with Crippen LogP contribution in [0.5, 0.6) is 11.5 Å². The molecule has 0 spiro atoms. The summed E-state index contributed by atoms with van der Waals surface area (Å²) in [5, 5.41) is 0.412. The summed E-state index contributed by atoms with van der Waals surface area (Å²) in [5.41, 5.74) is 0.311. The molecule has 0 saturated carbocycles. The molecule has 4 rings (SSSR count). The van der Waals surface area contributed by atoms with E-state index in [1.54, 1.807) is 19.1 Å². The van der Waals surface area contributed by atoms with Gasteiger partial charge in [0.1, 0.15) is 27.9 Å². The summed E-state index contributed by atoms with van der Waals surface area (Å²) >= 11 is 5.78. The number of hydrogen-bond donors (Lipinski definition) is 0. The fourth-order valence-corrected chi connectivity index (χ4v) is 3.70. The lowest BCUT2D eigenvalue weighted by atomic mass is 10.1. The van der Waals surface area contributed by atoms with Gasteiger partial charge in [-0.25, -0.2) is 0 Å². The first-order valence-corrected chi connectivity index (χ1v) is 9.95. The first kappa shape index (κ1) is 18.3. The van der Waals surface area contributed by atoms with Crippen molar-refractivity contribution in [2.24, 2.45) is 0 Å². The maximum atomic E-state index is 12.5. The van der Waals surface area contributed by atoms with Crippen molar-refractivity contribution in [2.75, 3.05) is 0 Å². The van der Waals surface area contributed by atoms with Crippen LogP contribution in [0.1, 0.15) is 21.9 Å². The number of carbonyl (C=O) groups excluding carboxylic acids is 1. The van der Waals surface area contributed by atoms with Crippen LogP contribution in [-0.2, 0) is 10.1 Å². The minimum absolute atomic E-state index is 0.0246. The maximum Gasteiger partial charge on any atom is 0.339 e. The lowest BCUT2D eigenvalue weighted by Gasteiger charge is -2.08. The van der Waals surface area contributed by atoms with Gasteiger partial charge in [-0.05, 0) is 55.5 Å². The summed E-state index contributed by atoms with van der Waals surface area (Å²) in [5.74, 6) is 1.19. The molecule has 0 N–H and O–H groups in total. The van der Waals surface area contributed by atoms with E-state index in [2.05, 4.69) is 0 Å². The highest BCUT2D eigenvalue weighted by atomic mass is 35.5. The van der Waals surface area contributed by atoms with Gasteiger partial charge in [0, 0.05) is 17.2 Å². The van der Waals surface area contributed by atoms with Gasteiger partial charge < -0.3 is 13.3 Å². The zero-order chi connectivity index (χ0) is 19.9. The fourth-order valence-electron chi connectivity index (χ4n) is 2.66. The summed E-state index contributed by atoms with van der Waals surface area (Å²) in [4.78, 5) is 12.4. The number of allylic oxidation sites excluding steroid dienone is 1. The highest BCUT2D eigenvalue weighted by molar-refractivity contribution is 7.87. The van der Waals surface area contributed by atoms with Gasteiger partial charge >= 0.3 is 10.1 Å². The van der Waals surface area contributed by atoms with Gasteiger partial charge in [-0.2, -0.15) is 8.42 Å². The molecule has 0 fully saturated rings. The molecule has 0 bridgehead atoms. The van der Waals surface area contributed by atoms with Crippen molar-refractivity contribution in [3.8, 4) is 11.5 Å². The largest absolute Gasteiger partial charge is 0.462 e. The van der Waals surface area contributed by atoms with Gasteiger partial charge in [0.25, 0.3) is 0 Å². The second-order valence-corrected chi connectivity index (χ2v) is 8.02. The molecule has 1 aromatic heterocycles. The van der Waals surface area contributed by atoms with Gasteiger partial charge in [0.05, 0.1) is 5.56 Å². The maximum absolute atomic E-state index is 12.5. The average Bonchev–Trinajstić information content (AvgIpc) is 3.18. The van der Waals surface area contributed by atoms with Crippen molar-refractivity contribution in [3.63, 3.8) is 0 Å². The van der Waals surface area contributed by atoms with E-state index < -0.39 is 10.1 Å². The van der Waals surface area contributed by atoms with Gasteiger partial charge in [-0.15, -0.1) is 0 Å². The third-order valence-electron chi connectivity index (χ3n) is 3.98. The summed E-state index contributed by atoms with van der Waals surface area (Å²) in [6, 6.07) is 13.3. The van der Waals surface area contributed by atoms with Crippen molar-refractivity contribution in [3.05, 3.63) is 82.5 Å². The standard InChI is InChI=1S/C20H13ClO6S/c1-12-2-5-14(25-12)10-19-20(22)17-9-6-15(11-18(17)26-19)27-28(23,24)16-7-3-13(21)4-8-16/h2-11H,1H3. The number of Topliss-reactive ketones (excluding diaryl/α,β-unsaturated/α-hetero) is 1. The van der Waals surface area contributed by atoms with E-state index in [-0.39, 0.29) is 27.9 Å². The molecule has 0 unspecified atom stereocenters. The number of furan rings is 1. The Morgan fingerprint density at radius 3 is 2.46 bits per heavy atom. The van der Waals surface area contributed by atoms with Crippen molar-refractivity contribution in [1.29, 1.82) is 0 Å². The minimum atomic E-state index is -4.05. The predicted molar refractivity (Wildman–Crippen MR) is 102 cm³/mol. The van der Waals surface area contributed by atoms with E-state index in [1.807, 2.05) is 0 Å². The van der Waals surface area contributed by atoms with Crippen molar-refractivity contribution < 1.29 is 26.5 Å². The number of carbonyl (C=O) groups is 1. The Morgan fingerprint density at radius 1 is 1.04 bits per heavy atom. The number of benzene rings is 2. The minimum Gasteiger partial charge on any atom is -0.462 e. The van der Waals surface area contributed by atoms with E-state index in [0.717, 1.165) is 0 Å². The second-order valence-electron chi connectivity index (χ2n) is 6.04. The zero-order valence-corrected chi connectivity index (χ0v) is 16.1. The number of halogens is 1. The molecule has 0 amide bonds. The molecule has 2 aromatic carbocycles. The Labute approximate surface area is 166 Å². The highest BCUT2D eigenvalue weighted by Crippen LogP contribution is 2.35. The summed E-state index contributed by atoms with van der Waals surface area (Å²) in [6.07, 6.45) is 1.49. The molecule has 0 radical (unpaired) electrons. The predicted octanol–water partition coefficient (Wildman–Crippen LogP) is 4.63. The molecule has 1 aliphatic heterocycles. The molecule has 1 aliphatic rings. The van der Waals surface area contributed by atoms with E-state index in [4.69, 9.17) is 24.9 Å². The number of hydrogen-bond acceptors (Lipinski definition) is 6. The quantitative estimate of drug-likeness (QED) is 0.455. The lowest BCUT2D eigenvalue weighted by Crippen LogP contribution is -2.09. The molecule has 0 aliphatic carbocycles. The Balaban J connectivity index is 1.59. The van der Waals surface area contributed by atoms with Gasteiger partial charge in [-0.1, -0.05) is 11.6 Å². The van der Waals surface area contributed by atoms with Crippen LogP contribution in [0.25, 0.3) is 6.08 Å². The monoisotopic (exact) mass is 416 g/mol. The molecule has 0 atom stereocenters. The second kappa shape index (κ2) is 6.85. The van der Waals surface area contributed by atoms with Crippen molar-refractivity contribution in [2.45, 2.75) is 11.8 Å². The first-order valence-electron chi connectivity index (χ1n) is 8.17. The smallest absolute Gasteiger partial charge is 0.339 e. The number of rotatable bonds is 4. The van der Waals surface area contributed by atoms with Crippen LogP contribution in [-0.4, -0.2) is 14.2 Å². The topological polar surface area (TPSA) is 82.8 Å². The first-order chi connectivity index (χ1) is 13.3. The van der Waals surface area contributed by atoms with Gasteiger partial charge in [0.15, 0.2) is 5.76 Å². The molecular formula is C20H13ClO6S. The summed E-state index contributed by atoms with van der Waals surface area (Å²) in [6.45, 7) is 1.79. The molecule has 0 saturated heterocycles. The molecule has 3 aromatic rings. The number of ether oxygens (including phenoxy) is 1. The average molecular weight is 417 g/mol. The molecule has 6 nitrogen and oxygen atoms in total. The Hall–Kier alpha value is -3.03. The van der Waals surface area contributed by atoms with Gasteiger partial charge in [0.2, 0.25) is 5.78 Å². The molecule has 28 heavy (non-hydrogen) atoms. The van der Waals surface area contributed by atoms with E-state index in [1.165, 1.54) is 48.5 Å². The number of fused-ring (bicyclic) bond motifs is 1.